The maximum Gasteiger partial charge on any atom is 0.315 e. The molecule has 3 atom stereocenters. The van der Waals surface area contributed by atoms with E-state index < -0.39 is 0 Å². The van der Waals surface area contributed by atoms with E-state index in [2.05, 4.69) is 34.9 Å². The summed E-state index contributed by atoms with van der Waals surface area (Å²) in [5.74, 6) is 0.534. The second-order valence-corrected chi connectivity index (χ2v) is 7.17. The molecule has 1 aliphatic heterocycles. The summed E-state index contributed by atoms with van der Waals surface area (Å²) in [6.45, 7) is 1.41. The van der Waals surface area contributed by atoms with Crippen LogP contribution in [-0.4, -0.2) is 43.0 Å². The Balaban J connectivity index is 1.30. The molecule has 0 radical (unpaired) electrons. The highest BCUT2D eigenvalue weighted by molar-refractivity contribution is 5.88. The first-order chi connectivity index (χ1) is 11.1. The summed E-state index contributed by atoms with van der Waals surface area (Å²) in [5.41, 5.74) is 3.26. The second-order valence-electron chi connectivity index (χ2n) is 7.17. The minimum Gasteiger partial charge on any atom is -0.344 e. The number of nitrogens with zero attached hydrogens (tertiary/aromatic N) is 1. The van der Waals surface area contributed by atoms with E-state index in [-0.39, 0.29) is 18.0 Å². The van der Waals surface area contributed by atoms with Crippen molar-refractivity contribution in [3.63, 3.8) is 0 Å². The Morgan fingerprint density at radius 2 is 2.22 bits per heavy atom. The summed E-state index contributed by atoms with van der Waals surface area (Å²) in [7, 11) is 1.77. The predicted octanol–water partition coefficient (Wildman–Crippen LogP) is 1.42. The molecule has 1 saturated carbocycles. The van der Waals surface area contributed by atoms with Crippen molar-refractivity contribution in [3.8, 4) is 0 Å². The van der Waals surface area contributed by atoms with Crippen LogP contribution in [0.1, 0.15) is 30.4 Å². The van der Waals surface area contributed by atoms with Crippen LogP contribution in [0.25, 0.3) is 0 Å². The first-order valence-electron chi connectivity index (χ1n) is 8.48. The van der Waals surface area contributed by atoms with Gasteiger partial charge in [0.15, 0.2) is 0 Å². The Labute approximate surface area is 136 Å². The lowest BCUT2D eigenvalue weighted by molar-refractivity contribution is -0.128. The van der Waals surface area contributed by atoms with E-state index in [9.17, 15) is 9.59 Å². The smallest absolute Gasteiger partial charge is 0.315 e. The minimum absolute atomic E-state index is 0.00719. The maximum atomic E-state index is 12.0. The standard InChI is InChI=1S/C18H23N3O2/c1-21-9-7-15(16(21)22)20-17(23)19-11-13-10-18(13)8-6-12-4-2-3-5-14(12)18/h2-5,13,15H,6-11H2,1H3,(H2,19,20,23)/t13-,15+,18-/m1/s1. The number of fused-ring (bicyclic) bond motifs is 2. The summed E-state index contributed by atoms with van der Waals surface area (Å²) in [5, 5.41) is 5.77. The van der Waals surface area contributed by atoms with Gasteiger partial charge < -0.3 is 15.5 Å². The molecule has 1 saturated heterocycles. The molecule has 1 heterocycles. The van der Waals surface area contributed by atoms with E-state index in [1.807, 2.05) is 0 Å². The van der Waals surface area contributed by atoms with E-state index in [1.165, 1.54) is 17.5 Å². The van der Waals surface area contributed by atoms with Crippen LogP contribution in [0.3, 0.4) is 0 Å². The van der Waals surface area contributed by atoms with Crippen molar-refractivity contribution in [2.75, 3.05) is 20.1 Å². The number of benzene rings is 1. The van der Waals surface area contributed by atoms with Crippen molar-refractivity contribution in [1.29, 1.82) is 0 Å². The molecule has 0 unspecified atom stereocenters. The van der Waals surface area contributed by atoms with E-state index >= 15 is 0 Å². The highest BCUT2D eigenvalue weighted by atomic mass is 16.2. The fraction of sp³-hybridized carbons (Fsp3) is 0.556. The van der Waals surface area contributed by atoms with Gasteiger partial charge >= 0.3 is 6.03 Å². The number of aryl methyl sites for hydroxylation is 1. The third-order valence-corrected chi connectivity index (χ3v) is 5.87. The van der Waals surface area contributed by atoms with Crippen molar-refractivity contribution < 1.29 is 9.59 Å². The first-order valence-corrected chi connectivity index (χ1v) is 8.48. The molecule has 4 rings (SSSR count). The van der Waals surface area contributed by atoms with Gasteiger partial charge in [-0.25, -0.2) is 4.79 Å². The SMILES string of the molecule is CN1CC[C@H](NC(=O)NC[C@H]2C[C@]23CCc2ccccc23)C1=O. The second kappa shape index (κ2) is 5.25. The molecule has 0 bridgehead atoms. The average molecular weight is 313 g/mol. The normalized spacial score (nSPS) is 31.3. The minimum atomic E-state index is -0.361. The van der Waals surface area contributed by atoms with E-state index in [0.717, 1.165) is 12.8 Å². The fourth-order valence-electron chi connectivity index (χ4n) is 4.38. The van der Waals surface area contributed by atoms with E-state index in [1.54, 1.807) is 11.9 Å². The van der Waals surface area contributed by atoms with Crippen LogP contribution in [0, 0.1) is 5.92 Å². The highest BCUT2D eigenvalue weighted by Crippen LogP contribution is 2.61. The zero-order valence-electron chi connectivity index (χ0n) is 13.5. The maximum absolute atomic E-state index is 12.0. The van der Waals surface area contributed by atoms with Gasteiger partial charge in [-0.3, -0.25) is 4.79 Å². The monoisotopic (exact) mass is 313 g/mol. The Morgan fingerprint density at radius 1 is 1.39 bits per heavy atom. The average Bonchev–Trinajstić information content (AvgIpc) is 3.02. The molecular formula is C18H23N3O2. The zero-order valence-corrected chi connectivity index (χ0v) is 13.5. The molecule has 0 aromatic heterocycles. The number of likely N-dealkylation sites (tertiary alicyclic amines) is 1. The van der Waals surface area contributed by atoms with Crippen molar-refractivity contribution >= 4 is 11.9 Å². The Morgan fingerprint density at radius 3 is 3.00 bits per heavy atom. The molecule has 1 aromatic rings. The third kappa shape index (κ3) is 2.38. The Kier molecular flexibility index (Phi) is 3.32. The lowest BCUT2D eigenvalue weighted by atomic mass is 9.95. The molecule has 1 aromatic carbocycles. The first kappa shape index (κ1) is 14.5. The largest absolute Gasteiger partial charge is 0.344 e. The van der Waals surface area contributed by atoms with Crippen molar-refractivity contribution in [2.24, 2.45) is 5.92 Å². The quantitative estimate of drug-likeness (QED) is 0.886. The Bertz CT molecular complexity index is 659. The summed E-state index contributed by atoms with van der Waals surface area (Å²) < 4.78 is 0. The van der Waals surface area contributed by atoms with E-state index in [4.69, 9.17) is 0 Å². The van der Waals surface area contributed by atoms with Gasteiger partial charge in [0.25, 0.3) is 0 Å². The number of urea groups is 1. The van der Waals surface area contributed by atoms with Crippen molar-refractivity contribution in [1.82, 2.24) is 15.5 Å². The molecule has 122 valence electrons. The fourth-order valence-corrected chi connectivity index (χ4v) is 4.38. The Hall–Kier alpha value is -2.04. The van der Waals surface area contributed by atoms with Gasteiger partial charge in [0.1, 0.15) is 6.04 Å². The van der Waals surface area contributed by atoms with Crippen LogP contribution < -0.4 is 10.6 Å². The third-order valence-electron chi connectivity index (χ3n) is 5.87. The molecule has 3 amide bonds. The van der Waals surface area contributed by atoms with Gasteiger partial charge in [-0.1, -0.05) is 24.3 Å². The van der Waals surface area contributed by atoms with E-state index in [0.29, 0.717) is 30.8 Å². The molecular weight excluding hydrogens is 290 g/mol. The molecule has 3 aliphatic rings. The van der Waals surface area contributed by atoms with Gasteiger partial charge in [-0.15, -0.1) is 0 Å². The summed E-state index contributed by atoms with van der Waals surface area (Å²) in [4.78, 5) is 25.5. The van der Waals surface area contributed by atoms with Crippen LogP contribution in [0.5, 0.6) is 0 Å². The molecule has 2 N–H and O–H groups in total. The number of carbonyl (C=O) groups excluding carboxylic acids is 2. The number of likely N-dealkylation sites (N-methyl/N-ethyl adjacent to an activating group) is 1. The van der Waals surface area contributed by atoms with Crippen molar-refractivity contribution in [3.05, 3.63) is 35.4 Å². The molecule has 2 aliphatic carbocycles. The number of carbonyl (C=O) groups is 2. The van der Waals surface area contributed by atoms with Gasteiger partial charge in [-0.2, -0.15) is 0 Å². The lowest BCUT2D eigenvalue weighted by Crippen LogP contribution is -2.46. The van der Waals surface area contributed by atoms with Gasteiger partial charge in [-0.05, 0) is 42.7 Å². The van der Waals surface area contributed by atoms with Gasteiger partial charge in [0.2, 0.25) is 5.91 Å². The number of amides is 3. The van der Waals surface area contributed by atoms with Crippen molar-refractivity contribution in [2.45, 2.75) is 37.1 Å². The zero-order chi connectivity index (χ0) is 16.0. The van der Waals surface area contributed by atoms with Crippen LogP contribution in [0.2, 0.25) is 0 Å². The molecule has 1 spiro atoms. The molecule has 2 fully saturated rings. The van der Waals surface area contributed by atoms with Crippen LogP contribution in [0.4, 0.5) is 4.79 Å². The number of nitrogens with one attached hydrogen (secondary N) is 2. The number of hydrogen-bond acceptors (Lipinski definition) is 2. The van der Waals surface area contributed by atoms with Crippen LogP contribution in [0.15, 0.2) is 24.3 Å². The topological polar surface area (TPSA) is 61.4 Å². The summed E-state index contributed by atoms with van der Waals surface area (Å²) in [6, 6.07) is 8.12. The number of hydrogen-bond donors (Lipinski definition) is 2. The molecule has 5 heteroatoms. The molecule has 5 nitrogen and oxygen atoms in total. The van der Waals surface area contributed by atoms with Crippen LogP contribution in [-0.2, 0) is 16.6 Å². The highest BCUT2D eigenvalue weighted by Gasteiger charge is 2.57. The lowest BCUT2D eigenvalue weighted by Gasteiger charge is -2.15. The summed E-state index contributed by atoms with van der Waals surface area (Å²) in [6.07, 6.45) is 4.22. The van der Waals surface area contributed by atoms with Gasteiger partial charge in [0.05, 0.1) is 0 Å². The van der Waals surface area contributed by atoms with Crippen LogP contribution >= 0.6 is 0 Å². The van der Waals surface area contributed by atoms with Gasteiger partial charge in [0, 0.05) is 25.6 Å². The number of rotatable bonds is 3. The summed E-state index contributed by atoms with van der Waals surface area (Å²) >= 11 is 0. The molecule has 23 heavy (non-hydrogen) atoms. The predicted molar refractivity (Wildman–Crippen MR) is 87.1 cm³/mol.